The van der Waals surface area contributed by atoms with Crippen molar-refractivity contribution in [2.75, 3.05) is 17.2 Å². The molecule has 2 rings (SSSR count). The lowest BCUT2D eigenvalue weighted by Crippen LogP contribution is -2.14. The highest BCUT2D eigenvalue weighted by Crippen LogP contribution is 2.28. The quantitative estimate of drug-likeness (QED) is 0.901. The molecule has 1 aromatic heterocycles. The topological polar surface area (TPSA) is 93.5 Å². The molecule has 1 heterocycles. The van der Waals surface area contributed by atoms with Crippen LogP contribution in [0.3, 0.4) is 0 Å². The summed E-state index contributed by atoms with van der Waals surface area (Å²) in [6.45, 7) is 3.11. The van der Waals surface area contributed by atoms with Crippen LogP contribution in [-0.2, 0) is 9.53 Å². The maximum Gasteiger partial charge on any atom is 0.411 e. The van der Waals surface area contributed by atoms with E-state index in [1.807, 2.05) is 0 Å². The highest BCUT2D eigenvalue weighted by atomic mass is 19.1. The molecule has 1 aromatic carbocycles. The van der Waals surface area contributed by atoms with Gasteiger partial charge in [0.2, 0.25) is 5.91 Å². The Morgan fingerprint density at radius 3 is 2.80 bits per heavy atom. The van der Waals surface area contributed by atoms with Crippen molar-refractivity contribution in [2.24, 2.45) is 0 Å². The predicted octanol–water partition coefficient (Wildman–Crippen LogP) is 2.49. The van der Waals surface area contributed by atoms with E-state index in [0.717, 1.165) is 6.07 Å². The fraction of sp³-hybridized carbons (Fsp3) is 0.250. The summed E-state index contributed by atoms with van der Waals surface area (Å²) in [5.74, 6) is -0.889. The van der Waals surface area contributed by atoms with E-state index in [0.29, 0.717) is 5.39 Å². The zero-order chi connectivity index (χ0) is 14.7. The Labute approximate surface area is 113 Å². The summed E-state index contributed by atoms with van der Waals surface area (Å²) < 4.78 is 23.3. The molecule has 0 bridgehead atoms. The second-order valence-corrected chi connectivity index (χ2v) is 3.89. The van der Waals surface area contributed by atoms with Crippen LogP contribution in [-0.4, -0.2) is 23.8 Å². The molecule has 0 aliphatic carbocycles. The van der Waals surface area contributed by atoms with Crippen LogP contribution in [0.1, 0.15) is 13.8 Å². The lowest BCUT2D eigenvalue weighted by Gasteiger charge is -2.06. The number of nitrogens with one attached hydrogen (secondary N) is 2. The number of amides is 2. The summed E-state index contributed by atoms with van der Waals surface area (Å²) in [4.78, 5) is 22.3. The van der Waals surface area contributed by atoms with Gasteiger partial charge in [0.25, 0.3) is 0 Å². The lowest BCUT2D eigenvalue weighted by molar-refractivity contribution is -0.114. The maximum atomic E-state index is 13.7. The highest BCUT2D eigenvalue weighted by Gasteiger charge is 2.15. The molecule has 2 amide bonds. The number of hydrogen-bond acceptors (Lipinski definition) is 5. The number of aromatic nitrogens is 1. The smallest absolute Gasteiger partial charge is 0.411 e. The van der Waals surface area contributed by atoms with Crippen molar-refractivity contribution in [2.45, 2.75) is 13.8 Å². The molecule has 0 aliphatic heterocycles. The number of ether oxygens (including phenoxy) is 1. The van der Waals surface area contributed by atoms with E-state index >= 15 is 0 Å². The van der Waals surface area contributed by atoms with Crippen LogP contribution in [0.25, 0.3) is 11.0 Å². The summed E-state index contributed by atoms with van der Waals surface area (Å²) >= 11 is 0. The van der Waals surface area contributed by atoms with E-state index in [1.165, 1.54) is 13.0 Å². The molecule has 20 heavy (non-hydrogen) atoms. The Morgan fingerprint density at radius 2 is 2.15 bits per heavy atom. The summed E-state index contributed by atoms with van der Waals surface area (Å²) in [6, 6.07) is 2.37. The van der Waals surface area contributed by atoms with E-state index in [-0.39, 0.29) is 29.6 Å². The number of carbonyl (C=O) groups excluding carboxylic acids is 2. The molecular formula is C12H12FN3O4. The van der Waals surface area contributed by atoms with Crippen LogP contribution < -0.4 is 10.6 Å². The number of halogens is 1. The minimum atomic E-state index is -0.775. The molecule has 2 aromatic rings. The molecule has 0 aliphatic rings. The van der Waals surface area contributed by atoms with Crippen LogP contribution in [0, 0.1) is 5.82 Å². The molecule has 106 valence electrons. The lowest BCUT2D eigenvalue weighted by atomic mass is 10.2. The Hall–Kier alpha value is -2.64. The van der Waals surface area contributed by atoms with Gasteiger partial charge in [-0.05, 0) is 13.0 Å². The number of benzene rings is 1. The van der Waals surface area contributed by atoms with E-state index in [9.17, 15) is 14.0 Å². The van der Waals surface area contributed by atoms with Gasteiger partial charge in [0.15, 0.2) is 17.2 Å². The van der Waals surface area contributed by atoms with Crippen LogP contribution >= 0.6 is 0 Å². The molecule has 8 heteroatoms. The normalized spacial score (nSPS) is 10.3. The summed E-state index contributed by atoms with van der Waals surface area (Å²) in [6.07, 6.45) is -0.775. The van der Waals surface area contributed by atoms with Crippen LogP contribution in [0.2, 0.25) is 0 Å². The van der Waals surface area contributed by atoms with Gasteiger partial charge in [0.1, 0.15) is 0 Å². The third kappa shape index (κ3) is 2.85. The average molecular weight is 281 g/mol. The first-order valence-electron chi connectivity index (χ1n) is 5.81. The fourth-order valence-corrected chi connectivity index (χ4v) is 1.59. The van der Waals surface area contributed by atoms with Crippen molar-refractivity contribution in [3.8, 4) is 0 Å². The highest BCUT2D eigenvalue weighted by molar-refractivity contribution is 6.00. The molecule has 7 nitrogen and oxygen atoms in total. The van der Waals surface area contributed by atoms with Crippen LogP contribution in [0.15, 0.2) is 16.7 Å². The number of hydrogen-bond donors (Lipinski definition) is 2. The maximum absolute atomic E-state index is 13.7. The molecule has 0 unspecified atom stereocenters. The van der Waals surface area contributed by atoms with Gasteiger partial charge in [0.05, 0.1) is 17.7 Å². The van der Waals surface area contributed by atoms with Gasteiger partial charge in [-0.1, -0.05) is 5.16 Å². The van der Waals surface area contributed by atoms with Crippen LogP contribution in [0.5, 0.6) is 0 Å². The molecule has 0 spiro atoms. The monoisotopic (exact) mass is 281 g/mol. The first-order valence-corrected chi connectivity index (χ1v) is 5.81. The van der Waals surface area contributed by atoms with Crippen molar-refractivity contribution in [3.05, 3.63) is 17.9 Å². The first kappa shape index (κ1) is 13.8. The van der Waals surface area contributed by atoms with E-state index in [2.05, 4.69) is 20.5 Å². The molecule has 0 fully saturated rings. The van der Waals surface area contributed by atoms with Gasteiger partial charge in [-0.2, -0.15) is 0 Å². The zero-order valence-corrected chi connectivity index (χ0v) is 10.8. The van der Waals surface area contributed by atoms with Crippen molar-refractivity contribution in [3.63, 3.8) is 0 Å². The number of rotatable bonds is 3. The zero-order valence-electron chi connectivity index (χ0n) is 10.8. The third-order valence-electron chi connectivity index (χ3n) is 2.37. The van der Waals surface area contributed by atoms with Gasteiger partial charge in [-0.3, -0.25) is 10.1 Å². The van der Waals surface area contributed by atoms with E-state index in [4.69, 9.17) is 4.52 Å². The Kier molecular flexibility index (Phi) is 3.83. The standard InChI is InChI=1S/C12H12FN3O4/c1-3-19-12(18)15-9-4-7-10(5-8(9)13)20-16-11(7)14-6(2)17/h4-5H,3H2,1-2H3,(H,15,18)(H,14,16,17). The number of fused-ring (bicyclic) bond motifs is 1. The second-order valence-electron chi connectivity index (χ2n) is 3.89. The average Bonchev–Trinajstić information content (AvgIpc) is 2.72. The van der Waals surface area contributed by atoms with E-state index in [1.54, 1.807) is 6.92 Å². The van der Waals surface area contributed by atoms with Gasteiger partial charge < -0.3 is 14.6 Å². The fourth-order valence-electron chi connectivity index (χ4n) is 1.59. The largest absolute Gasteiger partial charge is 0.450 e. The summed E-state index contributed by atoms with van der Waals surface area (Å²) in [7, 11) is 0. The minimum Gasteiger partial charge on any atom is -0.450 e. The SMILES string of the molecule is CCOC(=O)Nc1cc2c(NC(C)=O)noc2cc1F. The number of nitrogens with zero attached hydrogens (tertiary/aromatic N) is 1. The molecular weight excluding hydrogens is 269 g/mol. The van der Waals surface area contributed by atoms with Crippen molar-refractivity contribution in [1.82, 2.24) is 5.16 Å². The third-order valence-corrected chi connectivity index (χ3v) is 2.37. The van der Waals surface area contributed by atoms with E-state index < -0.39 is 11.9 Å². The Morgan fingerprint density at radius 1 is 1.40 bits per heavy atom. The van der Waals surface area contributed by atoms with Crippen molar-refractivity contribution >= 4 is 34.5 Å². The summed E-state index contributed by atoms with van der Waals surface area (Å²) in [5, 5.41) is 8.68. The predicted molar refractivity (Wildman–Crippen MR) is 68.9 cm³/mol. The molecule has 0 saturated carbocycles. The minimum absolute atomic E-state index is 0.0919. The van der Waals surface area contributed by atoms with Gasteiger partial charge in [-0.15, -0.1) is 0 Å². The first-order chi connectivity index (χ1) is 9.51. The molecule has 0 atom stereocenters. The Bertz CT molecular complexity index is 668. The summed E-state index contributed by atoms with van der Waals surface area (Å²) in [5.41, 5.74) is 0.0615. The van der Waals surface area contributed by atoms with Crippen LogP contribution in [0.4, 0.5) is 20.7 Å². The molecule has 0 saturated heterocycles. The molecule has 2 N–H and O–H groups in total. The van der Waals surface area contributed by atoms with Crippen molar-refractivity contribution < 1.29 is 23.2 Å². The van der Waals surface area contributed by atoms with Crippen molar-refractivity contribution in [1.29, 1.82) is 0 Å². The molecule has 0 radical (unpaired) electrons. The Balaban J connectivity index is 2.37. The van der Waals surface area contributed by atoms with Gasteiger partial charge >= 0.3 is 6.09 Å². The second kappa shape index (κ2) is 5.55. The number of carbonyl (C=O) groups is 2. The van der Waals surface area contributed by atoms with Gasteiger partial charge in [0, 0.05) is 13.0 Å². The number of anilines is 2. The van der Waals surface area contributed by atoms with Gasteiger partial charge in [-0.25, -0.2) is 9.18 Å².